The standard InChI is InChI=1S/C9H17NO2/c10-5-6-12-7-9(11)4-3-8-1-2-8/h8H,1-7,10H2. The SMILES string of the molecule is NCCOCC(=O)CCC1CC1. The van der Waals surface area contributed by atoms with Crippen LogP contribution >= 0.6 is 0 Å². The average Bonchev–Trinajstić information content (AvgIpc) is 2.84. The van der Waals surface area contributed by atoms with Crippen molar-refractivity contribution in [2.75, 3.05) is 19.8 Å². The molecule has 0 amide bonds. The van der Waals surface area contributed by atoms with Crippen molar-refractivity contribution in [3.05, 3.63) is 0 Å². The average molecular weight is 171 g/mol. The van der Waals surface area contributed by atoms with Crippen LogP contribution < -0.4 is 5.73 Å². The van der Waals surface area contributed by atoms with Gasteiger partial charge in [0.1, 0.15) is 6.61 Å². The lowest BCUT2D eigenvalue weighted by Gasteiger charge is -2.00. The number of Topliss-reactive ketones (excluding diaryl/α,β-unsaturated/α-hetero) is 1. The van der Waals surface area contributed by atoms with Crippen LogP contribution in [-0.4, -0.2) is 25.5 Å². The van der Waals surface area contributed by atoms with Crippen LogP contribution in [0.1, 0.15) is 25.7 Å². The second-order valence-corrected chi connectivity index (χ2v) is 3.36. The van der Waals surface area contributed by atoms with Crippen LogP contribution in [0.25, 0.3) is 0 Å². The van der Waals surface area contributed by atoms with Gasteiger partial charge in [-0.25, -0.2) is 0 Å². The minimum absolute atomic E-state index is 0.218. The van der Waals surface area contributed by atoms with Crippen molar-refractivity contribution < 1.29 is 9.53 Å². The van der Waals surface area contributed by atoms with E-state index in [1.54, 1.807) is 0 Å². The van der Waals surface area contributed by atoms with E-state index in [-0.39, 0.29) is 12.4 Å². The molecule has 0 radical (unpaired) electrons. The molecule has 12 heavy (non-hydrogen) atoms. The molecule has 2 N–H and O–H groups in total. The van der Waals surface area contributed by atoms with Crippen molar-refractivity contribution in [1.82, 2.24) is 0 Å². The first-order valence-electron chi connectivity index (χ1n) is 4.62. The summed E-state index contributed by atoms with van der Waals surface area (Å²) in [6, 6.07) is 0. The summed E-state index contributed by atoms with van der Waals surface area (Å²) in [6.45, 7) is 1.25. The number of ketones is 1. The Balaban J connectivity index is 1.88. The molecule has 1 rings (SSSR count). The van der Waals surface area contributed by atoms with Crippen LogP contribution in [0.3, 0.4) is 0 Å². The number of carbonyl (C=O) groups is 1. The van der Waals surface area contributed by atoms with Crippen LogP contribution in [0.2, 0.25) is 0 Å². The van der Waals surface area contributed by atoms with E-state index in [2.05, 4.69) is 0 Å². The third-order valence-corrected chi connectivity index (χ3v) is 2.05. The zero-order chi connectivity index (χ0) is 8.81. The smallest absolute Gasteiger partial charge is 0.158 e. The Morgan fingerprint density at radius 2 is 2.25 bits per heavy atom. The van der Waals surface area contributed by atoms with E-state index in [1.807, 2.05) is 0 Å². The normalized spacial score (nSPS) is 16.4. The summed E-state index contributed by atoms with van der Waals surface area (Å²) in [6.07, 6.45) is 4.38. The molecule has 1 aliphatic rings. The van der Waals surface area contributed by atoms with Crippen LogP contribution in [0.5, 0.6) is 0 Å². The van der Waals surface area contributed by atoms with E-state index in [1.165, 1.54) is 12.8 Å². The van der Waals surface area contributed by atoms with Gasteiger partial charge < -0.3 is 10.5 Å². The highest BCUT2D eigenvalue weighted by Crippen LogP contribution is 2.33. The van der Waals surface area contributed by atoms with Crippen molar-refractivity contribution in [1.29, 1.82) is 0 Å². The molecule has 0 aromatic heterocycles. The van der Waals surface area contributed by atoms with Gasteiger partial charge in [-0.2, -0.15) is 0 Å². The van der Waals surface area contributed by atoms with E-state index in [0.29, 0.717) is 19.6 Å². The minimum atomic E-state index is 0.218. The van der Waals surface area contributed by atoms with Crippen LogP contribution in [0.15, 0.2) is 0 Å². The molecule has 0 heterocycles. The summed E-state index contributed by atoms with van der Waals surface area (Å²) in [5.41, 5.74) is 5.21. The highest BCUT2D eigenvalue weighted by atomic mass is 16.5. The van der Waals surface area contributed by atoms with E-state index < -0.39 is 0 Å². The Hall–Kier alpha value is -0.410. The molecule has 70 valence electrons. The Morgan fingerprint density at radius 3 is 2.83 bits per heavy atom. The molecule has 0 bridgehead atoms. The number of carbonyl (C=O) groups excluding carboxylic acids is 1. The summed E-state index contributed by atoms with van der Waals surface area (Å²) in [5, 5.41) is 0. The predicted octanol–water partition coefficient (Wildman–Crippen LogP) is 0.721. The van der Waals surface area contributed by atoms with Gasteiger partial charge in [-0.05, 0) is 12.3 Å². The second-order valence-electron chi connectivity index (χ2n) is 3.36. The molecule has 0 atom stereocenters. The fraction of sp³-hybridized carbons (Fsp3) is 0.889. The third kappa shape index (κ3) is 4.46. The van der Waals surface area contributed by atoms with Gasteiger partial charge in [0.15, 0.2) is 5.78 Å². The van der Waals surface area contributed by atoms with Crippen molar-refractivity contribution in [3.8, 4) is 0 Å². The number of nitrogens with two attached hydrogens (primary N) is 1. The fourth-order valence-electron chi connectivity index (χ4n) is 1.11. The quantitative estimate of drug-likeness (QED) is 0.574. The summed E-state index contributed by atoms with van der Waals surface area (Å²) in [7, 11) is 0. The lowest BCUT2D eigenvalue weighted by Crippen LogP contribution is -2.14. The molecule has 1 saturated carbocycles. The summed E-state index contributed by atoms with van der Waals surface area (Å²) < 4.78 is 5.02. The van der Waals surface area contributed by atoms with Gasteiger partial charge in [0.25, 0.3) is 0 Å². The Morgan fingerprint density at radius 1 is 1.50 bits per heavy atom. The summed E-state index contributed by atoms with van der Waals surface area (Å²) in [4.78, 5) is 11.1. The monoisotopic (exact) mass is 171 g/mol. The number of rotatable bonds is 7. The Kier molecular flexibility index (Phi) is 4.25. The van der Waals surface area contributed by atoms with Gasteiger partial charge in [0, 0.05) is 13.0 Å². The Bertz CT molecular complexity index is 143. The van der Waals surface area contributed by atoms with Crippen molar-refractivity contribution in [2.45, 2.75) is 25.7 Å². The van der Waals surface area contributed by atoms with Crippen LogP contribution in [-0.2, 0) is 9.53 Å². The molecule has 3 heteroatoms. The minimum Gasteiger partial charge on any atom is -0.372 e. The van der Waals surface area contributed by atoms with Crippen molar-refractivity contribution in [2.24, 2.45) is 11.7 Å². The van der Waals surface area contributed by atoms with Crippen molar-refractivity contribution in [3.63, 3.8) is 0 Å². The van der Waals surface area contributed by atoms with Crippen LogP contribution in [0, 0.1) is 5.92 Å². The largest absolute Gasteiger partial charge is 0.372 e. The van der Waals surface area contributed by atoms with Gasteiger partial charge >= 0.3 is 0 Å². The first-order valence-corrected chi connectivity index (χ1v) is 4.62. The predicted molar refractivity (Wildman–Crippen MR) is 46.8 cm³/mol. The maximum Gasteiger partial charge on any atom is 0.158 e. The molecular weight excluding hydrogens is 154 g/mol. The molecule has 1 fully saturated rings. The third-order valence-electron chi connectivity index (χ3n) is 2.05. The maximum absolute atomic E-state index is 11.1. The molecule has 0 unspecified atom stereocenters. The summed E-state index contributed by atoms with van der Waals surface area (Å²) >= 11 is 0. The van der Waals surface area contributed by atoms with Crippen molar-refractivity contribution >= 4 is 5.78 Å². The van der Waals surface area contributed by atoms with E-state index >= 15 is 0 Å². The van der Waals surface area contributed by atoms with Gasteiger partial charge in [-0.1, -0.05) is 12.8 Å². The van der Waals surface area contributed by atoms with E-state index in [4.69, 9.17) is 10.5 Å². The molecule has 0 aliphatic heterocycles. The van der Waals surface area contributed by atoms with E-state index in [0.717, 1.165) is 12.3 Å². The van der Waals surface area contributed by atoms with Gasteiger partial charge in [-0.3, -0.25) is 4.79 Å². The molecule has 3 nitrogen and oxygen atoms in total. The highest BCUT2D eigenvalue weighted by Gasteiger charge is 2.21. The molecule has 0 aromatic rings. The topological polar surface area (TPSA) is 52.3 Å². The Labute approximate surface area is 73.3 Å². The molecule has 0 spiro atoms. The maximum atomic E-state index is 11.1. The lowest BCUT2D eigenvalue weighted by atomic mass is 10.2. The number of hydrogen-bond donors (Lipinski definition) is 1. The second kappa shape index (κ2) is 5.27. The van der Waals surface area contributed by atoms with Gasteiger partial charge in [-0.15, -0.1) is 0 Å². The zero-order valence-electron chi connectivity index (χ0n) is 7.42. The molecular formula is C9H17NO2. The van der Waals surface area contributed by atoms with Gasteiger partial charge in [0.2, 0.25) is 0 Å². The summed E-state index contributed by atoms with van der Waals surface area (Å²) in [5.74, 6) is 1.05. The number of ether oxygens (including phenoxy) is 1. The highest BCUT2D eigenvalue weighted by molar-refractivity contribution is 5.79. The molecule has 1 aliphatic carbocycles. The lowest BCUT2D eigenvalue weighted by molar-refractivity contribution is -0.123. The number of hydrogen-bond acceptors (Lipinski definition) is 3. The molecule has 0 saturated heterocycles. The fourth-order valence-corrected chi connectivity index (χ4v) is 1.11. The molecule has 0 aromatic carbocycles. The zero-order valence-corrected chi connectivity index (χ0v) is 7.42. The first kappa shape index (κ1) is 9.68. The van der Waals surface area contributed by atoms with Crippen LogP contribution in [0.4, 0.5) is 0 Å². The van der Waals surface area contributed by atoms with Gasteiger partial charge in [0.05, 0.1) is 6.61 Å². The first-order chi connectivity index (χ1) is 5.83. The van der Waals surface area contributed by atoms with E-state index in [9.17, 15) is 4.79 Å².